The van der Waals surface area contributed by atoms with E-state index in [-0.39, 0.29) is 11.8 Å². The fraction of sp³-hybridized carbons (Fsp3) is 0.300. The normalized spacial score (nSPS) is 11.8. The number of para-hydroxylation sites is 1. The van der Waals surface area contributed by atoms with Gasteiger partial charge in [-0.05, 0) is 59.4 Å². The highest BCUT2D eigenvalue weighted by Gasteiger charge is 2.22. The van der Waals surface area contributed by atoms with Crippen LogP contribution in [-0.2, 0) is 17.6 Å². The molecule has 188 valence electrons. The lowest BCUT2D eigenvalue weighted by molar-refractivity contribution is -0.121. The molecule has 0 saturated carbocycles. The quantitative estimate of drug-likeness (QED) is 0.288. The third-order valence-electron chi connectivity index (χ3n) is 6.66. The Hall–Kier alpha value is -3.93. The number of carbonyl (C=O) groups excluding carboxylic acids is 1. The van der Waals surface area contributed by atoms with Gasteiger partial charge in [0.1, 0.15) is 5.75 Å². The van der Waals surface area contributed by atoms with Crippen molar-refractivity contribution < 1.29 is 19.0 Å². The lowest BCUT2D eigenvalue weighted by Crippen LogP contribution is -2.27. The fourth-order valence-electron chi connectivity index (χ4n) is 4.73. The SMILES string of the molecule is CCc1cccc2c([C@H](CC(=O)NCCc3ccc(OC)c(OC)c3)c3cccc(OC)c3)c[nH]c12. The second-order valence-electron chi connectivity index (χ2n) is 8.76. The maximum absolute atomic E-state index is 13.2. The molecule has 0 aliphatic heterocycles. The van der Waals surface area contributed by atoms with Crippen LogP contribution >= 0.6 is 0 Å². The monoisotopic (exact) mass is 486 g/mol. The molecule has 1 amide bonds. The lowest BCUT2D eigenvalue weighted by Gasteiger charge is -2.18. The van der Waals surface area contributed by atoms with Crippen molar-refractivity contribution in [2.45, 2.75) is 32.1 Å². The number of ether oxygens (including phenoxy) is 3. The van der Waals surface area contributed by atoms with Crippen LogP contribution in [0.1, 0.15) is 41.5 Å². The van der Waals surface area contributed by atoms with E-state index in [1.54, 1.807) is 21.3 Å². The number of benzene rings is 3. The van der Waals surface area contributed by atoms with Crippen molar-refractivity contribution in [3.05, 3.63) is 89.1 Å². The molecule has 0 spiro atoms. The highest BCUT2D eigenvalue weighted by Crippen LogP contribution is 2.36. The highest BCUT2D eigenvalue weighted by molar-refractivity contribution is 5.88. The molecule has 4 aromatic rings. The molecule has 1 atom stereocenters. The largest absolute Gasteiger partial charge is 0.497 e. The van der Waals surface area contributed by atoms with Crippen LogP contribution in [0.25, 0.3) is 10.9 Å². The zero-order chi connectivity index (χ0) is 25.5. The average Bonchev–Trinajstić information content (AvgIpc) is 3.35. The number of aromatic amines is 1. The summed E-state index contributed by atoms with van der Waals surface area (Å²) >= 11 is 0. The molecule has 0 saturated heterocycles. The summed E-state index contributed by atoms with van der Waals surface area (Å²) in [6.07, 6.45) is 4.02. The number of amides is 1. The summed E-state index contributed by atoms with van der Waals surface area (Å²) in [5, 5.41) is 4.26. The van der Waals surface area contributed by atoms with E-state index in [9.17, 15) is 4.79 Å². The molecule has 0 radical (unpaired) electrons. The molecule has 0 fully saturated rings. The van der Waals surface area contributed by atoms with Crippen LogP contribution < -0.4 is 19.5 Å². The Morgan fingerprint density at radius 3 is 2.50 bits per heavy atom. The number of aryl methyl sites for hydroxylation is 1. The van der Waals surface area contributed by atoms with E-state index in [0.29, 0.717) is 30.9 Å². The molecule has 1 aromatic heterocycles. The maximum Gasteiger partial charge on any atom is 0.220 e. The van der Waals surface area contributed by atoms with Gasteiger partial charge >= 0.3 is 0 Å². The first-order valence-corrected chi connectivity index (χ1v) is 12.3. The van der Waals surface area contributed by atoms with Gasteiger partial charge in [-0.1, -0.05) is 43.3 Å². The van der Waals surface area contributed by atoms with E-state index >= 15 is 0 Å². The standard InChI is InChI=1S/C30H34N2O4/c1-5-21-8-7-11-24-26(19-32-30(21)24)25(22-9-6-10-23(17-22)34-2)18-29(33)31-15-14-20-12-13-27(35-3)28(16-20)36-4/h6-13,16-17,19,25,32H,5,14-15,18H2,1-4H3,(H,31,33)/t25-/m1/s1. The smallest absolute Gasteiger partial charge is 0.220 e. The summed E-state index contributed by atoms with van der Waals surface area (Å²) in [5.74, 6) is 2.05. The summed E-state index contributed by atoms with van der Waals surface area (Å²) in [5.41, 5.74) is 5.64. The molecule has 0 bridgehead atoms. The molecule has 6 heteroatoms. The van der Waals surface area contributed by atoms with Crippen LogP contribution in [0.2, 0.25) is 0 Å². The van der Waals surface area contributed by atoms with E-state index in [2.05, 4.69) is 41.5 Å². The first-order valence-electron chi connectivity index (χ1n) is 12.3. The number of hydrogen-bond donors (Lipinski definition) is 2. The molecule has 1 heterocycles. The molecule has 0 aliphatic rings. The fourth-order valence-corrected chi connectivity index (χ4v) is 4.73. The molecule has 3 aromatic carbocycles. The third kappa shape index (κ3) is 5.48. The van der Waals surface area contributed by atoms with Crippen LogP contribution in [0, 0.1) is 0 Å². The van der Waals surface area contributed by atoms with Crippen molar-refractivity contribution >= 4 is 16.8 Å². The van der Waals surface area contributed by atoms with Crippen LogP contribution in [0.4, 0.5) is 0 Å². The number of hydrogen-bond acceptors (Lipinski definition) is 4. The average molecular weight is 487 g/mol. The molecule has 0 unspecified atom stereocenters. The van der Waals surface area contributed by atoms with Gasteiger partial charge in [0.2, 0.25) is 5.91 Å². The number of nitrogens with one attached hydrogen (secondary N) is 2. The predicted octanol–water partition coefficient (Wildman–Crippen LogP) is 5.64. The Balaban J connectivity index is 1.53. The zero-order valence-electron chi connectivity index (χ0n) is 21.4. The molecule has 2 N–H and O–H groups in total. The van der Waals surface area contributed by atoms with Gasteiger partial charge in [-0.15, -0.1) is 0 Å². The Kier molecular flexibility index (Phi) is 8.16. The topological polar surface area (TPSA) is 72.6 Å². The van der Waals surface area contributed by atoms with Gasteiger partial charge in [-0.3, -0.25) is 4.79 Å². The molecular weight excluding hydrogens is 452 g/mol. The van der Waals surface area contributed by atoms with Crippen LogP contribution in [-0.4, -0.2) is 38.8 Å². The molecular formula is C30H34N2O4. The number of methoxy groups -OCH3 is 3. The van der Waals surface area contributed by atoms with Crippen molar-refractivity contribution in [3.63, 3.8) is 0 Å². The zero-order valence-corrected chi connectivity index (χ0v) is 21.4. The van der Waals surface area contributed by atoms with Gasteiger partial charge in [0, 0.05) is 36.0 Å². The summed E-state index contributed by atoms with van der Waals surface area (Å²) in [6, 6.07) is 20.2. The number of H-pyrrole nitrogens is 1. The summed E-state index contributed by atoms with van der Waals surface area (Å²) < 4.78 is 16.2. The van der Waals surface area contributed by atoms with Gasteiger partial charge < -0.3 is 24.5 Å². The lowest BCUT2D eigenvalue weighted by atomic mass is 9.87. The Morgan fingerprint density at radius 1 is 0.944 bits per heavy atom. The minimum absolute atomic E-state index is 0.00397. The number of carbonyl (C=O) groups is 1. The third-order valence-corrected chi connectivity index (χ3v) is 6.66. The first-order chi connectivity index (χ1) is 17.6. The Bertz CT molecular complexity index is 1330. The van der Waals surface area contributed by atoms with Gasteiger partial charge in [0.25, 0.3) is 0 Å². The predicted molar refractivity (Wildman–Crippen MR) is 143 cm³/mol. The number of fused-ring (bicyclic) bond motifs is 1. The van der Waals surface area contributed by atoms with Crippen LogP contribution in [0.5, 0.6) is 17.2 Å². The van der Waals surface area contributed by atoms with Crippen LogP contribution in [0.15, 0.2) is 66.9 Å². The van der Waals surface area contributed by atoms with Crippen molar-refractivity contribution in [3.8, 4) is 17.2 Å². The van der Waals surface area contributed by atoms with E-state index in [0.717, 1.165) is 39.8 Å². The Labute approximate surface area is 212 Å². The molecule has 0 aliphatic carbocycles. The van der Waals surface area contributed by atoms with Gasteiger partial charge in [-0.2, -0.15) is 0 Å². The van der Waals surface area contributed by atoms with Crippen molar-refractivity contribution in [1.82, 2.24) is 10.3 Å². The Morgan fingerprint density at radius 2 is 1.75 bits per heavy atom. The van der Waals surface area contributed by atoms with Gasteiger partial charge in [-0.25, -0.2) is 0 Å². The number of aromatic nitrogens is 1. The van der Waals surface area contributed by atoms with Crippen LogP contribution in [0.3, 0.4) is 0 Å². The minimum atomic E-state index is -0.109. The van der Waals surface area contributed by atoms with Crippen molar-refractivity contribution in [1.29, 1.82) is 0 Å². The van der Waals surface area contributed by atoms with E-state index in [4.69, 9.17) is 14.2 Å². The minimum Gasteiger partial charge on any atom is -0.497 e. The van der Waals surface area contributed by atoms with Gasteiger partial charge in [0.15, 0.2) is 11.5 Å². The first kappa shape index (κ1) is 25.2. The van der Waals surface area contributed by atoms with E-state index < -0.39 is 0 Å². The summed E-state index contributed by atoms with van der Waals surface area (Å²) in [6.45, 7) is 2.69. The number of rotatable bonds is 11. The molecule has 6 nitrogen and oxygen atoms in total. The molecule has 4 rings (SSSR count). The molecule has 36 heavy (non-hydrogen) atoms. The van der Waals surface area contributed by atoms with Crippen molar-refractivity contribution in [2.75, 3.05) is 27.9 Å². The highest BCUT2D eigenvalue weighted by atomic mass is 16.5. The second kappa shape index (κ2) is 11.7. The summed E-state index contributed by atoms with van der Waals surface area (Å²) in [4.78, 5) is 16.6. The van der Waals surface area contributed by atoms with Gasteiger partial charge in [0.05, 0.1) is 21.3 Å². The second-order valence-corrected chi connectivity index (χ2v) is 8.76. The summed E-state index contributed by atoms with van der Waals surface area (Å²) in [7, 11) is 4.90. The van der Waals surface area contributed by atoms with E-state index in [1.165, 1.54) is 5.56 Å². The van der Waals surface area contributed by atoms with E-state index in [1.807, 2.05) is 42.6 Å². The maximum atomic E-state index is 13.2. The van der Waals surface area contributed by atoms with Crippen molar-refractivity contribution in [2.24, 2.45) is 0 Å².